The molecule has 1 rings (SSSR count). The number of benzene rings is 1. The van der Waals surface area contributed by atoms with E-state index >= 15 is 0 Å². The van der Waals surface area contributed by atoms with Crippen LogP contribution in [0, 0.1) is 6.92 Å². The quantitative estimate of drug-likeness (QED) is 0.683. The fraction of sp³-hybridized carbons (Fsp3) is 0.111. The highest BCUT2D eigenvalue weighted by Crippen LogP contribution is 2.19. The number of carbonyl (C=O) groups is 2. The zero-order chi connectivity index (χ0) is 10.7. The van der Waals surface area contributed by atoms with Gasteiger partial charge in [0.25, 0.3) is 5.91 Å². The van der Waals surface area contributed by atoms with Gasteiger partial charge in [0.1, 0.15) is 5.97 Å². The fourth-order valence-corrected chi connectivity index (χ4v) is 1.03. The number of hydrogen-bond donors (Lipinski definition) is 1. The van der Waals surface area contributed by atoms with E-state index < -0.39 is 11.9 Å². The van der Waals surface area contributed by atoms with E-state index in [-0.39, 0.29) is 0 Å². The van der Waals surface area contributed by atoms with Crippen molar-refractivity contribution in [3.05, 3.63) is 28.8 Å². The molecule has 4 nitrogen and oxygen atoms in total. The molecule has 0 unspecified atom stereocenters. The summed E-state index contributed by atoms with van der Waals surface area (Å²) in [6.45, 7) is 1.80. The lowest BCUT2D eigenvalue weighted by molar-refractivity contribution is -0.299. The van der Waals surface area contributed by atoms with Crippen molar-refractivity contribution < 1.29 is 14.7 Å². The minimum Gasteiger partial charge on any atom is -0.540 e. The molecule has 0 aliphatic carbocycles. The molecule has 0 fully saturated rings. The normalized spacial score (nSPS) is 9.57. The van der Waals surface area contributed by atoms with Gasteiger partial charge in [-0.05, 0) is 24.6 Å². The number of halogens is 1. The third kappa shape index (κ3) is 2.47. The van der Waals surface area contributed by atoms with Gasteiger partial charge < -0.3 is 15.2 Å². The smallest absolute Gasteiger partial charge is 0.271 e. The molecule has 0 saturated carbocycles. The first kappa shape index (κ1) is 10.5. The summed E-state index contributed by atoms with van der Waals surface area (Å²) in [5.74, 6) is -2.97. The van der Waals surface area contributed by atoms with Gasteiger partial charge in [-0.1, -0.05) is 17.7 Å². The monoisotopic (exact) mass is 212 g/mol. The summed E-state index contributed by atoms with van der Waals surface area (Å²) in [6.07, 6.45) is 0. The third-order valence-electron chi connectivity index (χ3n) is 1.62. The number of amides is 1. The molecule has 0 spiro atoms. The molecule has 1 aromatic rings. The Morgan fingerprint density at radius 3 is 2.57 bits per heavy atom. The molecule has 0 saturated heterocycles. The first-order valence-electron chi connectivity index (χ1n) is 3.79. The topological polar surface area (TPSA) is 69.2 Å². The van der Waals surface area contributed by atoms with Crippen LogP contribution in [0.1, 0.15) is 5.56 Å². The van der Waals surface area contributed by atoms with Crippen LogP contribution in [0.25, 0.3) is 0 Å². The molecule has 1 amide bonds. The summed E-state index contributed by atoms with van der Waals surface area (Å²) in [5.41, 5.74) is 1.17. The van der Waals surface area contributed by atoms with Crippen molar-refractivity contribution in [1.29, 1.82) is 0 Å². The van der Waals surface area contributed by atoms with Crippen LogP contribution >= 0.6 is 11.6 Å². The summed E-state index contributed by atoms with van der Waals surface area (Å²) < 4.78 is 0. The zero-order valence-electron chi connectivity index (χ0n) is 7.33. The molecule has 0 bridgehead atoms. The number of aryl methyl sites for hydroxylation is 1. The van der Waals surface area contributed by atoms with Gasteiger partial charge in [-0.2, -0.15) is 0 Å². The molecule has 5 heteroatoms. The van der Waals surface area contributed by atoms with Gasteiger partial charge in [0.15, 0.2) is 0 Å². The molecular weight excluding hydrogens is 206 g/mol. The van der Waals surface area contributed by atoms with Crippen molar-refractivity contribution >= 4 is 29.2 Å². The van der Waals surface area contributed by atoms with E-state index in [1.165, 1.54) is 6.07 Å². The van der Waals surface area contributed by atoms with Crippen molar-refractivity contribution in [1.82, 2.24) is 0 Å². The number of rotatable bonds is 1. The van der Waals surface area contributed by atoms with Crippen LogP contribution in [-0.2, 0) is 9.59 Å². The highest BCUT2D eigenvalue weighted by molar-refractivity contribution is 6.36. The molecular formula is C9H7ClNO3-. The summed E-state index contributed by atoms with van der Waals surface area (Å²) in [4.78, 5) is 20.8. The Morgan fingerprint density at radius 2 is 2.07 bits per heavy atom. The van der Waals surface area contributed by atoms with E-state index in [2.05, 4.69) is 5.32 Å². The van der Waals surface area contributed by atoms with Crippen molar-refractivity contribution in [3.63, 3.8) is 0 Å². The predicted octanol–water partition coefficient (Wildman–Crippen LogP) is 0.337. The number of anilines is 1. The van der Waals surface area contributed by atoms with Crippen LogP contribution < -0.4 is 10.4 Å². The lowest BCUT2D eigenvalue weighted by Gasteiger charge is -2.06. The summed E-state index contributed by atoms with van der Waals surface area (Å²) in [5, 5.41) is 12.7. The standard InChI is InChI=1S/C9H8ClNO3/c1-5-2-3-6(4-7(5)10)11-8(12)9(13)14/h2-4H,1H3,(H,11,12)(H,13,14)/p-1. The number of carboxylic acids is 1. The van der Waals surface area contributed by atoms with Gasteiger partial charge in [-0.3, -0.25) is 4.79 Å². The molecule has 0 aliphatic rings. The highest BCUT2D eigenvalue weighted by Gasteiger charge is 2.03. The number of carbonyl (C=O) groups excluding carboxylic acids is 2. The Balaban J connectivity index is 2.83. The average Bonchev–Trinajstić information content (AvgIpc) is 2.11. The van der Waals surface area contributed by atoms with Crippen LogP contribution in [0.3, 0.4) is 0 Å². The first-order chi connectivity index (χ1) is 6.50. The number of aliphatic carboxylic acids is 1. The Kier molecular flexibility index (Phi) is 3.09. The van der Waals surface area contributed by atoms with Crippen LogP contribution in [0.5, 0.6) is 0 Å². The third-order valence-corrected chi connectivity index (χ3v) is 2.02. The minimum absolute atomic E-state index is 0.329. The molecule has 0 aromatic heterocycles. The molecule has 0 atom stereocenters. The summed E-state index contributed by atoms with van der Waals surface area (Å²) >= 11 is 5.76. The number of nitrogens with one attached hydrogen (secondary N) is 1. The molecule has 14 heavy (non-hydrogen) atoms. The second-order valence-corrected chi connectivity index (χ2v) is 3.11. The summed E-state index contributed by atoms with van der Waals surface area (Å²) in [7, 11) is 0. The Hall–Kier alpha value is -1.55. The number of hydrogen-bond acceptors (Lipinski definition) is 3. The fourth-order valence-electron chi connectivity index (χ4n) is 0.853. The Labute approximate surface area is 85.5 Å². The molecule has 0 heterocycles. The van der Waals surface area contributed by atoms with Gasteiger partial charge in [0.2, 0.25) is 0 Å². The van der Waals surface area contributed by atoms with E-state index in [0.717, 1.165) is 5.56 Å². The minimum atomic E-state index is -1.78. The molecule has 0 aliphatic heterocycles. The maximum absolute atomic E-state index is 10.7. The second kappa shape index (κ2) is 4.11. The van der Waals surface area contributed by atoms with E-state index in [0.29, 0.717) is 10.7 Å². The van der Waals surface area contributed by atoms with Crippen LogP contribution in [-0.4, -0.2) is 11.9 Å². The second-order valence-electron chi connectivity index (χ2n) is 2.71. The maximum Gasteiger partial charge on any atom is 0.271 e. The highest BCUT2D eigenvalue weighted by atomic mass is 35.5. The zero-order valence-corrected chi connectivity index (χ0v) is 8.09. The van der Waals surface area contributed by atoms with Gasteiger partial charge in [-0.15, -0.1) is 0 Å². The van der Waals surface area contributed by atoms with Crippen LogP contribution in [0.4, 0.5) is 5.69 Å². The lowest BCUT2D eigenvalue weighted by Crippen LogP contribution is -2.36. The van der Waals surface area contributed by atoms with Crippen LogP contribution in [0.15, 0.2) is 18.2 Å². The predicted molar refractivity (Wildman–Crippen MR) is 49.8 cm³/mol. The van der Waals surface area contributed by atoms with Crippen molar-refractivity contribution in [2.45, 2.75) is 6.92 Å². The van der Waals surface area contributed by atoms with Gasteiger partial charge >= 0.3 is 0 Å². The Bertz CT molecular complexity index is 390. The Morgan fingerprint density at radius 1 is 1.43 bits per heavy atom. The van der Waals surface area contributed by atoms with Gasteiger partial charge in [0, 0.05) is 10.7 Å². The molecule has 0 radical (unpaired) electrons. The van der Waals surface area contributed by atoms with Gasteiger partial charge in [-0.25, -0.2) is 0 Å². The van der Waals surface area contributed by atoms with E-state index in [9.17, 15) is 14.7 Å². The van der Waals surface area contributed by atoms with Crippen molar-refractivity contribution in [2.24, 2.45) is 0 Å². The first-order valence-corrected chi connectivity index (χ1v) is 4.17. The number of carboxylic acid groups (broad SMARTS) is 1. The van der Waals surface area contributed by atoms with Crippen molar-refractivity contribution in [3.8, 4) is 0 Å². The van der Waals surface area contributed by atoms with E-state index in [1.807, 2.05) is 0 Å². The average molecular weight is 213 g/mol. The van der Waals surface area contributed by atoms with E-state index in [1.54, 1.807) is 19.1 Å². The molecule has 1 N–H and O–H groups in total. The van der Waals surface area contributed by atoms with E-state index in [4.69, 9.17) is 11.6 Å². The molecule has 1 aromatic carbocycles. The SMILES string of the molecule is Cc1ccc(NC(=O)C(=O)[O-])cc1Cl. The van der Waals surface area contributed by atoms with Gasteiger partial charge in [0.05, 0.1) is 0 Å². The summed E-state index contributed by atoms with van der Waals surface area (Å²) in [6, 6.07) is 4.70. The van der Waals surface area contributed by atoms with Crippen molar-refractivity contribution in [2.75, 3.05) is 5.32 Å². The molecule has 74 valence electrons. The maximum atomic E-state index is 10.7. The largest absolute Gasteiger partial charge is 0.540 e. The van der Waals surface area contributed by atoms with Crippen LogP contribution in [0.2, 0.25) is 5.02 Å². The lowest BCUT2D eigenvalue weighted by atomic mass is 10.2.